The summed E-state index contributed by atoms with van der Waals surface area (Å²) in [6.45, 7) is 0. The second-order valence-electron chi connectivity index (χ2n) is 13.0. The maximum absolute atomic E-state index is 5.24. The van der Waals surface area contributed by atoms with Crippen molar-refractivity contribution >= 4 is 54.1 Å². The summed E-state index contributed by atoms with van der Waals surface area (Å²) in [5, 5.41) is 9.71. The average Bonchev–Trinajstić information content (AvgIpc) is 3.20. The summed E-state index contributed by atoms with van der Waals surface area (Å²) in [7, 11) is 0. The van der Waals surface area contributed by atoms with Crippen molar-refractivity contribution in [1.82, 2.24) is 9.97 Å². The van der Waals surface area contributed by atoms with Crippen LogP contribution in [0.2, 0.25) is 0 Å². The molecule has 0 atom stereocenters. The zero-order valence-electron chi connectivity index (χ0n) is 27.2. The van der Waals surface area contributed by atoms with Gasteiger partial charge in [0.1, 0.15) is 0 Å². The van der Waals surface area contributed by atoms with E-state index in [1.54, 1.807) is 0 Å². The Balaban J connectivity index is 1.02. The molecule has 0 bridgehead atoms. The molecule has 10 aromatic rings. The minimum atomic E-state index is 0.917. The Labute approximate surface area is 290 Å². The van der Waals surface area contributed by atoms with Crippen molar-refractivity contribution < 1.29 is 0 Å². The molecule has 2 heterocycles. The van der Waals surface area contributed by atoms with Gasteiger partial charge >= 0.3 is 0 Å². The van der Waals surface area contributed by atoms with Gasteiger partial charge in [-0.25, -0.2) is 9.97 Å². The van der Waals surface area contributed by atoms with Gasteiger partial charge in [0, 0.05) is 21.9 Å². The van der Waals surface area contributed by atoms with Crippen LogP contribution in [0, 0.1) is 0 Å². The summed E-state index contributed by atoms with van der Waals surface area (Å²) in [5.74, 6) is 0. The molecule has 0 saturated carbocycles. The molecular weight excluding hydrogens is 605 g/mol. The summed E-state index contributed by atoms with van der Waals surface area (Å²) in [6, 6.07) is 65.2. The van der Waals surface area contributed by atoms with Crippen LogP contribution in [0.3, 0.4) is 0 Å². The first-order chi connectivity index (χ1) is 24.7. The third-order valence-corrected chi connectivity index (χ3v) is 10.0. The highest BCUT2D eigenvalue weighted by Gasteiger charge is 2.12. The van der Waals surface area contributed by atoms with Crippen LogP contribution in [0.4, 0.5) is 0 Å². The molecule has 232 valence electrons. The molecule has 2 heteroatoms. The van der Waals surface area contributed by atoms with Crippen LogP contribution in [-0.2, 0) is 0 Å². The summed E-state index contributed by atoms with van der Waals surface area (Å²) < 4.78 is 0. The lowest BCUT2D eigenvalue weighted by Crippen LogP contribution is -1.91. The number of hydrogen-bond donors (Lipinski definition) is 0. The lowest BCUT2D eigenvalue weighted by Gasteiger charge is -2.12. The summed E-state index contributed by atoms with van der Waals surface area (Å²) in [6.07, 6.45) is 0. The minimum absolute atomic E-state index is 0.917. The molecule has 0 unspecified atom stereocenters. The van der Waals surface area contributed by atoms with E-state index in [9.17, 15) is 0 Å². The molecule has 2 nitrogen and oxygen atoms in total. The average molecular weight is 635 g/mol. The first-order valence-electron chi connectivity index (χ1n) is 17.1. The van der Waals surface area contributed by atoms with Crippen LogP contribution >= 0.6 is 0 Å². The van der Waals surface area contributed by atoms with Gasteiger partial charge in [0.2, 0.25) is 0 Å². The van der Waals surface area contributed by atoms with Crippen molar-refractivity contribution in [2.45, 2.75) is 0 Å². The molecule has 0 saturated heterocycles. The van der Waals surface area contributed by atoms with E-state index in [0.29, 0.717) is 0 Å². The SMILES string of the molecule is c1cc(-c2ccc(-c3cc4ccccc4c4ccccc34)cc2)cc(-c2ccc3ccc4ccc(-c5ccc6ccccc6c5)nc4c3n2)c1. The standard InChI is InChI=1S/C48H30N2/c1-2-9-36-29-40(23-18-31(36)8-1)46-27-25-35-22-21-34-24-26-45(49-47(34)48(35)50-46)39-12-7-11-37(28-39)32-16-19-33(20-17-32)44-30-38-10-3-4-13-41(38)42-14-5-6-15-43(42)44/h1-30H. The van der Waals surface area contributed by atoms with E-state index in [0.717, 1.165) is 49.9 Å². The molecular formula is C48H30N2. The van der Waals surface area contributed by atoms with Crippen molar-refractivity contribution in [3.63, 3.8) is 0 Å². The van der Waals surface area contributed by atoms with Gasteiger partial charge in [0.25, 0.3) is 0 Å². The number of benzene rings is 8. The highest BCUT2D eigenvalue weighted by atomic mass is 14.8. The maximum atomic E-state index is 5.24. The van der Waals surface area contributed by atoms with Gasteiger partial charge in [-0.2, -0.15) is 0 Å². The number of nitrogens with zero attached hydrogens (tertiary/aromatic N) is 2. The lowest BCUT2D eigenvalue weighted by molar-refractivity contribution is 1.37. The second kappa shape index (κ2) is 11.5. The lowest BCUT2D eigenvalue weighted by atomic mass is 9.92. The van der Waals surface area contributed by atoms with E-state index in [1.807, 2.05) is 0 Å². The molecule has 0 aliphatic carbocycles. The number of rotatable bonds is 4. The van der Waals surface area contributed by atoms with Crippen molar-refractivity contribution in [2.75, 3.05) is 0 Å². The first-order valence-corrected chi connectivity index (χ1v) is 17.1. The first kappa shape index (κ1) is 28.4. The third-order valence-electron chi connectivity index (χ3n) is 10.0. The van der Waals surface area contributed by atoms with Crippen molar-refractivity contribution in [3.05, 3.63) is 182 Å². The zero-order chi connectivity index (χ0) is 33.0. The predicted octanol–water partition coefficient (Wildman–Crippen LogP) is 12.9. The van der Waals surface area contributed by atoms with E-state index in [1.165, 1.54) is 49.0 Å². The zero-order valence-corrected chi connectivity index (χ0v) is 27.2. The Morgan fingerprint density at radius 1 is 0.260 bits per heavy atom. The highest BCUT2D eigenvalue weighted by molar-refractivity contribution is 6.13. The molecule has 0 fully saturated rings. The smallest absolute Gasteiger partial charge is 0.0972 e. The van der Waals surface area contributed by atoms with Gasteiger partial charge in [-0.1, -0.05) is 152 Å². The van der Waals surface area contributed by atoms with Gasteiger partial charge in [-0.05, 0) is 84.9 Å². The van der Waals surface area contributed by atoms with Crippen LogP contribution < -0.4 is 0 Å². The Morgan fingerprint density at radius 3 is 1.52 bits per heavy atom. The van der Waals surface area contributed by atoms with Crippen LogP contribution in [0.5, 0.6) is 0 Å². The Hall–Kier alpha value is -6.64. The number of aromatic nitrogens is 2. The van der Waals surface area contributed by atoms with Crippen LogP contribution in [0.15, 0.2) is 182 Å². The topological polar surface area (TPSA) is 25.8 Å². The van der Waals surface area contributed by atoms with E-state index < -0.39 is 0 Å². The molecule has 50 heavy (non-hydrogen) atoms. The van der Waals surface area contributed by atoms with Gasteiger partial charge in [0.15, 0.2) is 0 Å². The monoisotopic (exact) mass is 634 g/mol. The van der Waals surface area contributed by atoms with Crippen molar-refractivity contribution in [1.29, 1.82) is 0 Å². The molecule has 0 aliphatic heterocycles. The largest absolute Gasteiger partial charge is 0.245 e. The fourth-order valence-electron chi connectivity index (χ4n) is 7.43. The normalized spacial score (nSPS) is 11.6. The highest BCUT2D eigenvalue weighted by Crippen LogP contribution is 2.36. The molecule has 0 spiro atoms. The Bertz CT molecular complexity index is 2920. The molecule has 0 aliphatic rings. The van der Waals surface area contributed by atoms with Gasteiger partial charge in [-0.15, -0.1) is 0 Å². The van der Waals surface area contributed by atoms with Crippen LogP contribution in [-0.4, -0.2) is 9.97 Å². The van der Waals surface area contributed by atoms with Gasteiger partial charge in [-0.3, -0.25) is 0 Å². The van der Waals surface area contributed by atoms with Crippen LogP contribution in [0.1, 0.15) is 0 Å². The van der Waals surface area contributed by atoms with E-state index in [2.05, 4.69) is 182 Å². The number of fused-ring (bicyclic) bond motifs is 7. The van der Waals surface area contributed by atoms with Gasteiger partial charge in [0.05, 0.1) is 22.4 Å². The molecule has 2 aromatic heterocycles. The number of pyridine rings is 2. The third kappa shape index (κ3) is 4.81. The maximum Gasteiger partial charge on any atom is 0.0972 e. The molecule has 0 N–H and O–H groups in total. The predicted molar refractivity (Wildman–Crippen MR) is 211 cm³/mol. The second-order valence-corrected chi connectivity index (χ2v) is 13.0. The van der Waals surface area contributed by atoms with E-state index in [4.69, 9.17) is 9.97 Å². The van der Waals surface area contributed by atoms with Crippen molar-refractivity contribution in [3.8, 4) is 44.8 Å². The summed E-state index contributed by atoms with van der Waals surface area (Å²) in [4.78, 5) is 10.4. The molecule has 0 amide bonds. The molecule has 0 radical (unpaired) electrons. The number of hydrogen-bond acceptors (Lipinski definition) is 2. The minimum Gasteiger partial charge on any atom is -0.245 e. The van der Waals surface area contributed by atoms with Gasteiger partial charge < -0.3 is 0 Å². The summed E-state index contributed by atoms with van der Waals surface area (Å²) >= 11 is 0. The summed E-state index contributed by atoms with van der Waals surface area (Å²) in [5.41, 5.74) is 10.7. The quantitative estimate of drug-likeness (QED) is 0.180. The molecule has 10 rings (SSSR count). The fraction of sp³-hybridized carbons (Fsp3) is 0. The van der Waals surface area contributed by atoms with Crippen molar-refractivity contribution in [2.24, 2.45) is 0 Å². The Kier molecular flexibility index (Phi) is 6.53. The van der Waals surface area contributed by atoms with E-state index >= 15 is 0 Å². The van der Waals surface area contributed by atoms with Crippen LogP contribution in [0.25, 0.3) is 98.9 Å². The molecule has 8 aromatic carbocycles. The Morgan fingerprint density at radius 2 is 0.780 bits per heavy atom. The van der Waals surface area contributed by atoms with E-state index in [-0.39, 0.29) is 0 Å². The fourth-order valence-corrected chi connectivity index (χ4v) is 7.43.